The lowest BCUT2D eigenvalue weighted by Gasteiger charge is -2.53. The Morgan fingerprint density at radius 1 is 0.855 bits per heavy atom. The second-order valence-electron chi connectivity index (χ2n) is 17.2. The average molecular weight is 747 g/mol. The summed E-state index contributed by atoms with van der Waals surface area (Å²) in [6.45, 7) is 5.78. The Kier molecular flexibility index (Phi) is 8.81. The molecule has 9 atom stereocenters. The van der Waals surface area contributed by atoms with Gasteiger partial charge in [0.2, 0.25) is 0 Å². The van der Waals surface area contributed by atoms with Crippen molar-refractivity contribution in [3.8, 4) is 5.75 Å². The van der Waals surface area contributed by atoms with Crippen LogP contribution in [-0.2, 0) is 57.2 Å². The van der Waals surface area contributed by atoms with Gasteiger partial charge < -0.3 is 23.3 Å². The maximum Gasteiger partial charge on any atom is 0.302 e. The van der Waals surface area contributed by atoms with Crippen molar-refractivity contribution in [2.45, 2.75) is 77.0 Å². The summed E-state index contributed by atoms with van der Waals surface area (Å²) in [5.41, 5.74) is 9.59. The van der Waals surface area contributed by atoms with Gasteiger partial charge in [-0.1, -0.05) is 18.2 Å². The number of methoxy groups -OCH3 is 1. The molecule has 7 heterocycles. The van der Waals surface area contributed by atoms with Crippen LogP contribution in [0, 0.1) is 29.6 Å². The SMILES string of the molecule is COc1cc2c(cc1C[C@@H](C(C)=O)[C@@H]1C[C@H]3c4c(c5ccccc5n4C)C[C@@H]([C@@H]1COC(C)=O)N3C)c1c(n2C)[C@@H]2C[C@H]3C(C(C)=O)=COC[C@H]3[C@H](C1)N2C. The number of Topliss-reactive ketones (excluding diaryl/α,β-unsaturated/α-hetero) is 2. The maximum atomic E-state index is 14.0. The van der Waals surface area contributed by atoms with Gasteiger partial charge >= 0.3 is 5.97 Å². The van der Waals surface area contributed by atoms with Gasteiger partial charge in [0.15, 0.2) is 5.78 Å². The lowest BCUT2D eigenvalue weighted by atomic mass is 9.64. The summed E-state index contributed by atoms with van der Waals surface area (Å²) in [6.07, 6.45) is 5.64. The number of hydrogen-bond acceptors (Lipinski definition) is 8. The van der Waals surface area contributed by atoms with Gasteiger partial charge in [-0.25, -0.2) is 0 Å². The number of ketones is 2. The molecule has 0 aliphatic carbocycles. The van der Waals surface area contributed by atoms with Gasteiger partial charge in [0.25, 0.3) is 0 Å². The van der Waals surface area contributed by atoms with Crippen LogP contribution in [0.25, 0.3) is 21.8 Å². The summed E-state index contributed by atoms with van der Waals surface area (Å²) in [4.78, 5) is 44.1. The molecule has 5 aliphatic rings. The lowest BCUT2D eigenvalue weighted by Crippen LogP contribution is -2.56. The minimum absolute atomic E-state index is 0.000860. The number of ether oxygens (including phenoxy) is 3. The number of hydrogen-bond donors (Lipinski definition) is 0. The number of carbonyl (C=O) groups is 3. The van der Waals surface area contributed by atoms with Crippen LogP contribution in [-0.4, -0.2) is 83.0 Å². The quantitative estimate of drug-likeness (QED) is 0.195. The molecule has 10 nitrogen and oxygen atoms in total. The number of aromatic nitrogens is 2. The Morgan fingerprint density at radius 2 is 1.53 bits per heavy atom. The van der Waals surface area contributed by atoms with Crippen molar-refractivity contribution in [3.05, 3.63) is 76.3 Å². The van der Waals surface area contributed by atoms with E-state index in [-0.39, 0.29) is 77.9 Å². The highest BCUT2D eigenvalue weighted by Crippen LogP contribution is 2.54. The Balaban J connectivity index is 1.11. The fourth-order valence-corrected chi connectivity index (χ4v) is 12.2. The van der Waals surface area contributed by atoms with Gasteiger partial charge in [-0.2, -0.15) is 0 Å². The van der Waals surface area contributed by atoms with Crippen LogP contribution in [0.3, 0.4) is 0 Å². The van der Waals surface area contributed by atoms with Gasteiger partial charge in [-0.3, -0.25) is 24.2 Å². The first-order valence-electron chi connectivity index (χ1n) is 20.0. The van der Waals surface area contributed by atoms with Crippen LogP contribution in [0.2, 0.25) is 0 Å². The van der Waals surface area contributed by atoms with E-state index in [0.717, 1.165) is 48.1 Å². The number of nitrogens with zero attached hydrogens (tertiary/aromatic N) is 4. The molecule has 0 saturated carbocycles. The summed E-state index contributed by atoms with van der Waals surface area (Å²) < 4.78 is 22.6. The number of para-hydroxylation sites is 1. The first kappa shape index (κ1) is 36.2. The minimum atomic E-state index is -0.291. The van der Waals surface area contributed by atoms with Crippen molar-refractivity contribution in [3.63, 3.8) is 0 Å². The Labute approximate surface area is 323 Å². The Bertz CT molecular complexity index is 2280. The first-order chi connectivity index (χ1) is 26.4. The van der Waals surface area contributed by atoms with Crippen molar-refractivity contribution in [2.75, 3.05) is 34.4 Å². The summed E-state index contributed by atoms with van der Waals surface area (Å²) in [5.74, 6) is 0.882. The Morgan fingerprint density at radius 3 is 2.24 bits per heavy atom. The molecule has 2 saturated heterocycles. The molecule has 4 aromatic rings. The number of likely N-dealkylation sites (N-methyl/N-ethyl adjacent to an activating group) is 2. The minimum Gasteiger partial charge on any atom is -0.500 e. The molecule has 10 heteroatoms. The molecule has 0 amide bonds. The summed E-state index contributed by atoms with van der Waals surface area (Å²) >= 11 is 0. The molecule has 0 radical (unpaired) electrons. The van der Waals surface area contributed by atoms with Crippen molar-refractivity contribution in [2.24, 2.45) is 43.7 Å². The molecule has 9 rings (SSSR count). The van der Waals surface area contributed by atoms with Crippen LogP contribution in [0.15, 0.2) is 48.2 Å². The lowest BCUT2D eigenvalue weighted by molar-refractivity contribution is -0.147. The third-order valence-corrected chi connectivity index (χ3v) is 14.8. The highest BCUT2D eigenvalue weighted by atomic mass is 16.5. The molecule has 55 heavy (non-hydrogen) atoms. The topological polar surface area (TPSA) is 95.2 Å². The monoisotopic (exact) mass is 746 g/mol. The Hall–Kier alpha value is -4.41. The summed E-state index contributed by atoms with van der Waals surface area (Å²) in [5, 5.41) is 2.51. The molecular formula is C45H54N4O6. The molecule has 0 unspecified atom stereocenters. The third-order valence-electron chi connectivity index (χ3n) is 14.8. The molecule has 0 N–H and O–H groups in total. The van der Waals surface area contributed by atoms with E-state index in [0.29, 0.717) is 13.0 Å². The number of fused-ring (bicyclic) bond motifs is 14. The van der Waals surface area contributed by atoms with Gasteiger partial charge in [0.05, 0.1) is 44.2 Å². The highest BCUT2D eigenvalue weighted by Gasteiger charge is 2.52. The average Bonchev–Trinajstić information content (AvgIpc) is 3.58. The highest BCUT2D eigenvalue weighted by molar-refractivity contribution is 5.94. The van der Waals surface area contributed by atoms with Crippen LogP contribution < -0.4 is 4.74 Å². The van der Waals surface area contributed by atoms with E-state index >= 15 is 0 Å². The standard InChI is InChI=1S/C45H54N4O6/c1-23(50)28(29-15-41-44-32(27-11-9-10-12-37(27)48(44)6)17-39(47(41)5)36(29)22-55-25(3)52)13-26-14-31-33-18-38-35-21-54-20-34(24(2)51)30(35)16-42(46(38)4)45(33)49(7)40(31)19-43(26)53-8/h9-12,14,19-20,28-30,35-36,38-39,41-42H,13,15-18,21-22H2,1-8H3/t28-,29-,30-,35+,36+,38-,39-,41-,42-/m0/s1. The van der Waals surface area contributed by atoms with Crippen LogP contribution in [0.4, 0.5) is 0 Å². The van der Waals surface area contributed by atoms with E-state index in [9.17, 15) is 14.4 Å². The van der Waals surface area contributed by atoms with Crippen molar-refractivity contribution < 1.29 is 28.6 Å². The molecule has 2 aromatic heterocycles. The molecule has 290 valence electrons. The number of carbonyl (C=O) groups excluding carboxylic acids is 3. The fraction of sp³-hybridized carbons (Fsp3) is 0.533. The summed E-state index contributed by atoms with van der Waals surface area (Å²) in [6, 6.07) is 13.8. The molecule has 2 fully saturated rings. The van der Waals surface area contributed by atoms with Crippen LogP contribution in [0.5, 0.6) is 5.75 Å². The van der Waals surface area contributed by atoms with E-state index in [2.05, 4.69) is 83.5 Å². The third kappa shape index (κ3) is 5.45. The van der Waals surface area contributed by atoms with E-state index in [1.54, 1.807) is 27.2 Å². The molecule has 0 spiro atoms. The molecular weight excluding hydrogens is 693 g/mol. The fourth-order valence-electron chi connectivity index (χ4n) is 12.2. The van der Waals surface area contributed by atoms with Crippen molar-refractivity contribution in [1.82, 2.24) is 18.9 Å². The van der Waals surface area contributed by atoms with Gasteiger partial charge in [-0.15, -0.1) is 0 Å². The van der Waals surface area contributed by atoms with Crippen molar-refractivity contribution in [1.29, 1.82) is 0 Å². The predicted molar refractivity (Wildman–Crippen MR) is 211 cm³/mol. The van der Waals surface area contributed by atoms with E-state index in [1.807, 2.05) is 0 Å². The van der Waals surface area contributed by atoms with Crippen LogP contribution in [0.1, 0.15) is 73.8 Å². The second kappa shape index (κ2) is 13.4. The largest absolute Gasteiger partial charge is 0.500 e. The van der Waals surface area contributed by atoms with Crippen molar-refractivity contribution >= 4 is 39.3 Å². The zero-order valence-corrected chi connectivity index (χ0v) is 33.4. The number of esters is 1. The molecule has 2 aromatic carbocycles. The van der Waals surface area contributed by atoms with E-state index in [1.165, 1.54) is 45.7 Å². The second-order valence-corrected chi connectivity index (χ2v) is 17.2. The summed E-state index contributed by atoms with van der Waals surface area (Å²) in [7, 11) is 10.5. The molecule has 4 bridgehead atoms. The van der Waals surface area contributed by atoms with E-state index in [4.69, 9.17) is 14.2 Å². The maximum absolute atomic E-state index is 14.0. The van der Waals surface area contributed by atoms with E-state index < -0.39 is 0 Å². The number of rotatable bonds is 8. The van der Waals surface area contributed by atoms with Gasteiger partial charge in [0.1, 0.15) is 11.5 Å². The van der Waals surface area contributed by atoms with Gasteiger partial charge in [0, 0.05) is 90.2 Å². The number of benzene rings is 2. The smallest absolute Gasteiger partial charge is 0.302 e. The zero-order valence-electron chi connectivity index (χ0n) is 33.4. The zero-order chi connectivity index (χ0) is 38.6. The number of allylic oxidation sites excluding steroid dienone is 1. The number of aryl methyl sites for hydroxylation is 2. The number of piperidine rings is 2. The predicted octanol–water partition coefficient (Wildman–Crippen LogP) is 6.26. The van der Waals surface area contributed by atoms with Gasteiger partial charge in [-0.05, 0) is 101 Å². The molecule has 5 aliphatic heterocycles. The normalized spacial score (nSPS) is 29.1. The van der Waals surface area contributed by atoms with Crippen LogP contribution >= 0.6 is 0 Å². The first-order valence-corrected chi connectivity index (χ1v) is 20.0.